The van der Waals surface area contributed by atoms with Crippen molar-refractivity contribution >= 4 is 16.9 Å². The third-order valence-electron chi connectivity index (χ3n) is 5.91. The smallest absolute Gasteiger partial charge is 0.286 e. The minimum atomic E-state index is -0.154. The normalized spacial score (nSPS) is 11.1. The highest BCUT2D eigenvalue weighted by Gasteiger charge is 2.11. The standard InChI is InChI=1S/C28H33N3O3/c1-22-14-16-23(17-15-22)33-20-8-7-19-31-25-11-5-4-10-24(25)30-27(31)13-3-2-6-18-29-28(32)26-12-9-21-34-26/h4-5,9-12,14-17,21H,2-3,6-8,13,18-20H2,1H3,(H,29,32). The monoisotopic (exact) mass is 459 g/mol. The lowest BCUT2D eigenvalue weighted by atomic mass is 10.2. The highest BCUT2D eigenvalue weighted by atomic mass is 16.5. The summed E-state index contributed by atoms with van der Waals surface area (Å²) >= 11 is 0. The quantitative estimate of drug-likeness (QED) is 0.251. The van der Waals surface area contributed by atoms with Crippen LogP contribution in [0.4, 0.5) is 0 Å². The Hall–Kier alpha value is -3.54. The molecule has 0 atom stereocenters. The van der Waals surface area contributed by atoms with E-state index in [2.05, 4.69) is 47.1 Å². The molecular weight excluding hydrogens is 426 g/mol. The van der Waals surface area contributed by atoms with Gasteiger partial charge in [-0.2, -0.15) is 0 Å². The number of imidazole rings is 1. The summed E-state index contributed by atoms with van der Waals surface area (Å²) in [5.41, 5.74) is 3.49. The van der Waals surface area contributed by atoms with Crippen molar-refractivity contribution in [3.8, 4) is 5.75 Å². The molecule has 0 fully saturated rings. The van der Waals surface area contributed by atoms with E-state index in [1.807, 2.05) is 18.2 Å². The molecule has 4 aromatic rings. The number of unbranched alkanes of at least 4 members (excludes halogenated alkanes) is 3. The van der Waals surface area contributed by atoms with E-state index in [0.29, 0.717) is 12.3 Å². The van der Waals surface area contributed by atoms with E-state index >= 15 is 0 Å². The molecule has 1 amide bonds. The number of nitrogens with zero attached hydrogens (tertiary/aromatic N) is 2. The summed E-state index contributed by atoms with van der Waals surface area (Å²) in [6, 6.07) is 20.0. The van der Waals surface area contributed by atoms with Gasteiger partial charge in [0, 0.05) is 19.5 Å². The Bertz CT molecular complexity index is 1160. The van der Waals surface area contributed by atoms with E-state index < -0.39 is 0 Å². The number of nitrogens with one attached hydrogen (secondary N) is 1. The lowest BCUT2D eigenvalue weighted by molar-refractivity contribution is 0.0925. The molecular formula is C28H33N3O3. The number of aryl methyl sites for hydroxylation is 3. The average Bonchev–Trinajstić information content (AvgIpc) is 3.51. The molecule has 6 nitrogen and oxygen atoms in total. The molecule has 0 aliphatic rings. The van der Waals surface area contributed by atoms with Crippen molar-refractivity contribution in [1.82, 2.24) is 14.9 Å². The Balaban J connectivity index is 1.22. The first-order valence-electron chi connectivity index (χ1n) is 12.2. The third-order valence-corrected chi connectivity index (χ3v) is 5.91. The van der Waals surface area contributed by atoms with Crippen molar-refractivity contribution in [2.75, 3.05) is 13.2 Å². The van der Waals surface area contributed by atoms with Gasteiger partial charge in [0.05, 0.1) is 23.9 Å². The molecule has 1 N–H and O–H groups in total. The molecule has 0 aliphatic heterocycles. The molecule has 2 aromatic carbocycles. The molecule has 4 rings (SSSR count). The fourth-order valence-corrected chi connectivity index (χ4v) is 4.04. The first-order valence-corrected chi connectivity index (χ1v) is 12.2. The lowest BCUT2D eigenvalue weighted by Crippen LogP contribution is -2.23. The molecule has 34 heavy (non-hydrogen) atoms. The zero-order valence-electron chi connectivity index (χ0n) is 19.8. The zero-order valence-corrected chi connectivity index (χ0v) is 19.8. The van der Waals surface area contributed by atoms with E-state index in [1.165, 1.54) is 17.3 Å². The van der Waals surface area contributed by atoms with Crippen LogP contribution >= 0.6 is 0 Å². The summed E-state index contributed by atoms with van der Waals surface area (Å²) < 4.78 is 13.4. The van der Waals surface area contributed by atoms with Gasteiger partial charge < -0.3 is 19.0 Å². The van der Waals surface area contributed by atoms with Crippen molar-refractivity contribution < 1.29 is 13.9 Å². The average molecular weight is 460 g/mol. The van der Waals surface area contributed by atoms with Gasteiger partial charge in [0.1, 0.15) is 11.6 Å². The summed E-state index contributed by atoms with van der Waals surface area (Å²) in [7, 11) is 0. The van der Waals surface area contributed by atoms with E-state index in [0.717, 1.165) is 68.8 Å². The van der Waals surface area contributed by atoms with Gasteiger partial charge in [-0.1, -0.05) is 36.2 Å². The fraction of sp³-hybridized carbons (Fsp3) is 0.357. The topological polar surface area (TPSA) is 69.3 Å². The minimum absolute atomic E-state index is 0.154. The number of aromatic nitrogens is 2. The van der Waals surface area contributed by atoms with Crippen LogP contribution in [0.2, 0.25) is 0 Å². The van der Waals surface area contributed by atoms with E-state index in [-0.39, 0.29) is 5.91 Å². The van der Waals surface area contributed by atoms with Gasteiger partial charge in [-0.3, -0.25) is 4.79 Å². The molecule has 0 saturated heterocycles. The molecule has 0 unspecified atom stereocenters. The first kappa shape index (κ1) is 23.6. The number of amides is 1. The van der Waals surface area contributed by atoms with Crippen LogP contribution in [-0.2, 0) is 13.0 Å². The van der Waals surface area contributed by atoms with Gasteiger partial charge >= 0.3 is 0 Å². The maximum Gasteiger partial charge on any atom is 0.286 e. The van der Waals surface area contributed by atoms with Crippen LogP contribution in [0.25, 0.3) is 11.0 Å². The second-order valence-corrected chi connectivity index (χ2v) is 8.58. The van der Waals surface area contributed by atoms with Crippen LogP contribution in [0.5, 0.6) is 5.75 Å². The number of para-hydroxylation sites is 2. The number of furan rings is 1. The Morgan fingerprint density at radius 2 is 1.82 bits per heavy atom. The summed E-state index contributed by atoms with van der Waals surface area (Å²) in [5.74, 6) is 2.27. The van der Waals surface area contributed by atoms with Crippen LogP contribution in [0.1, 0.15) is 54.0 Å². The molecule has 2 heterocycles. The van der Waals surface area contributed by atoms with E-state index in [1.54, 1.807) is 12.1 Å². The van der Waals surface area contributed by atoms with Crippen molar-refractivity contribution in [2.45, 2.75) is 52.0 Å². The van der Waals surface area contributed by atoms with Crippen molar-refractivity contribution in [2.24, 2.45) is 0 Å². The summed E-state index contributed by atoms with van der Waals surface area (Å²) in [5, 5.41) is 2.91. The largest absolute Gasteiger partial charge is 0.494 e. The predicted octanol–water partition coefficient (Wildman–Crippen LogP) is 5.94. The van der Waals surface area contributed by atoms with Crippen LogP contribution in [0.3, 0.4) is 0 Å². The number of carbonyl (C=O) groups is 1. The summed E-state index contributed by atoms with van der Waals surface area (Å²) in [6.45, 7) is 4.38. The van der Waals surface area contributed by atoms with Crippen LogP contribution in [-0.4, -0.2) is 28.6 Å². The number of ether oxygens (including phenoxy) is 1. The molecule has 2 aromatic heterocycles. The van der Waals surface area contributed by atoms with E-state index in [4.69, 9.17) is 14.1 Å². The predicted molar refractivity (Wildman–Crippen MR) is 134 cm³/mol. The Kier molecular flexibility index (Phi) is 8.38. The molecule has 6 heteroatoms. The van der Waals surface area contributed by atoms with Gasteiger partial charge in [-0.05, 0) is 69.0 Å². The molecule has 0 spiro atoms. The van der Waals surface area contributed by atoms with Crippen LogP contribution < -0.4 is 10.1 Å². The minimum Gasteiger partial charge on any atom is -0.494 e. The number of carbonyl (C=O) groups excluding carboxylic acids is 1. The van der Waals surface area contributed by atoms with Gasteiger partial charge in [0.15, 0.2) is 5.76 Å². The summed E-state index contributed by atoms with van der Waals surface area (Å²) in [4.78, 5) is 16.8. The molecule has 0 aliphatic carbocycles. The van der Waals surface area contributed by atoms with Gasteiger partial charge in [0.2, 0.25) is 0 Å². The number of hydrogen-bond acceptors (Lipinski definition) is 4. The number of benzene rings is 2. The number of hydrogen-bond donors (Lipinski definition) is 1. The van der Waals surface area contributed by atoms with Crippen molar-refractivity contribution in [3.63, 3.8) is 0 Å². The maximum absolute atomic E-state index is 11.9. The van der Waals surface area contributed by atoms with Crippen LogP contribution in [0.15, 0.2) is 71.3 Å². The second kappa shape index (κ2) is 12.1. The van der Waals surface area contributed by atoms with E-state index in [9.17, 15) is 4.79 Å². The highest BCUT2D eigenvalue weighted by molar-refractivity contribution is 5.91. The SMILES string of the molecule is Cc1ccc(OCCCCn2c(CCCCCNC(=O)c3ccco3)nc3ccccc32)cc1. The third kappa shape index (κ3) is 6.50. The maximum atomic E-state index is 11.9. The van der Waals surface area contributed by atoms with Crippen LogP contribution in [0, 0.1) is 6.92 Å². The number of rotatable bonds is 13. The van der Waals surface area contributed by atoms with Gasteiger partial charge in [0.25, 0.3) is 5.91 Å². The Morgan fingerprint density at radius 1 is 0.971 bits per heavy atom. The second-order valence-electron chi connectivity index (χ2n) is 8.58. The summed E-state index contributed by atoms with van der Waals surface area (Å²) in [6.07, 6.45) is 7.48. The Labute approximate surface area is 200 Å². The Morgan fingerprint density at radius 3 is 2.65 bits per heavy atom. The van der Waals surface area contributed by atoms with Crippen molar-refractivity contribution in [3.05, 3.63) is 84.1 Å². The molecule has 0 radical (unpaired) electrons. The van der Waals surface area contributed by atoms with Crippen molar-refractivity contribution in [1.29, 1.82) is 0 Å². The fourth-order valence-electron chi connectivity index (χ4n) is 4.04. The van der Waals surface area contributed by atoms with Gasteiger partial charge in [-0.15, -0.1) is 0 Å². The highest BCUT2D eigenvalue weighted by Crippen LogP contribution is 2.19. The molecule has 0 saturated carbocycles. The lowest BCUT2D eigenvalue weighted by Gasteiger charge is -2.10. The van der Waals surface area contributed by atoms with Gasteiger partial charge in [-0.25, -0.2) is 4.98 Å². The first-order chi connectivity index (χ1) is 16.7. The zero-order chi connectivity index (χ0) is 23.6. The number of fused-ring (bicyclic) bond motifs is 1. The molecule has 0 bridgehead atoms. The molecule has 178 valence electrons.